The van der Waals surface area contributed by atoms with Crippen molar-refractivity contribution in [3.63, 3.8) is 0 Å². The Balaban J connectivity index is 1.81. The van der Waals surface area contributed by atoms with Gasteiger partial charge in [0.25, 0.3) is 0 Å². The van der Waals surface area contributed by atoms with Crippen molar-refractivity contribution in [2.24, 2.45) is 5.92 Å². The van der Waals surface area contributed by atoms with E-state index in [-0.39, 0.29) is 0 Å². The molecule has 0 spiro atoms. The lowest BCUT2D eigenvalue weighted by molar-refractivity contribution is -0.123. The Morgan fingerprint density at radius 3 is 2.19 bits per heavy atom. The largest absolute Gasteiger partial charge is 0.355 e. The van der Waals surface area contributed by atoms with E-state index in [0.29, 0.717) is 12.9 Å². The monoisotopic (exact) mass is 226 g/mol. The van der Waals surface area contributed by atoms with Crippen molar-refractivity contribution >= 4 is 0 Å². The van der Waals surface area contributed by atoms with Gasteiger partial charge in [-0.3, -0.25) is 0 Å². The van der Waals surface area contributed by atoms with Crippen LogP contribution in [-0.4, -0.2) is 19.5 Å². The lowest BCUT2D eigenvalue weighted by atomic mass is 9.85. The molecule has 0 amide bonds. The van der Waals surface area contributed by atoms with Gasteiger partial charge < -0.3 is 9.47 Å². The van der Waals surface area contributed by atoms with E-state index in [0.717, 1.165) is 12.5 Å². The summed E-state index contributed by atoms with van der Waals surface area (Å²) in [4.78, 5) is 0. The number of rotatable bonds is 1. The van der Waals surface area contributed by atoms with Crippen LogP contribution in [0.2, 0.25) is 0 Å². The van der Waals surface area contributed by atoms with E-state index in [9.17, 15) is 0 Å². The minimum atomic E-state index is 0.485. The summed E-state index contributed by atoms with van der Waals surface area (Å²) in [7, 11) is 0. The molecule has 1 atom stereocenters. The first kappa shape index (κ1) is 12.4. The molecule has 16 heavy (non-hydrogen) atoms. The molecular formula is C14H26O2. The molecular weight excluding hydrogens is 200 g/mol. The summed E-state index contributed by atoms with van der Waals surface area (Å²) in [5.41, 5.74) is 0. The average molecular weight is 226 g/mol. The minimum absolute atomic E-state index is 0.485. The second-order valence-electron chi connectivity index (χ2n) is 5.33. The van der Waals surface area contributed by atoms with Crippen molar-refractivity contribution in [1.29, 1.82) is 0 Å². The van der Waals surface area contributed by atoms with E-state index >= 15 is 0 Å². The molecule has 1 heterocycles. The van der Waals surface area contributed by atoms with Crippen molar-refractivity contribution in [3.05, 3.63) is 0 Å². The van der Waals surface area contributed by atoms with Gasteiger partial charge in [0.05, 0.1) is 6.10 Å². The van der Waals surface area contributed by atoms with Crippen molar-refractivity contribution < 1.29 is 9.47 Å². The van der Waals surface area contributed by atoms with Gasteiger partial charge in [-0.1, -0.05) is 32.1 Å². The van der Waals surface area contributed by atoms with Crippen molar-refractivity contribution in [2.75, 3.05) is 13.4 Å². The van der Waals surface area contributed by atoms with Crippen molar-refractivity contribution in [1.82, 2.24) is 0 Å². The van der Waals surface area contributed by atoms with Gasteiger partial charge in [0.1, 0.15) is 6.79 Å². The first-order valence-electron chi connectivity index (χ1n) is 7.16. The number of hydrogen-bond donors (Lipinski definition) is 0. The molecule has 0 aromatic carbocycles. The summed E-state index contributed by atoms with van der Waals surface area (Å²) in [6.45, 7) is 1.42. The fourth-order valence-electron chi connectivity index (χ4n) is 3.06. The molecule has 2 aliphatic rings. The molecule has 2 nitrogen and oxygen atoms in total. The lowest BCUT2D eigenvalue weighted by Gasteiger charge is -2.30. The van der Waals surface area contributed by atoms with E-state index in [2.05, 4.69) is 0 Å². The first-order valence-corrected chi connectivity index (χ1v) is 7.16. The second-order valence-corrected chi connectivity index (χ2v) is 5.33. The standard InChI is InChI=1S/C14H26O2/c1-2-4-8-13(9-5-3-1)14-10-6-7-11-15-12-16-14/h13-14H,1-12H2. The van der Waals surface area contributed by atoms with Gasteiger partial charge in [0.15, 0.2) is 0 Å². The molecule has 1 aliphatic carbocycles. The number of hydrogen-bond acceptors (Lipinski definition) is 2. The maximum absolute atomic E-state index is 5.90. The third kappa shape index (κ3) is 4.06. The highest BCUT2D eigenvalue weighted by Crippen LogP contribution is 2.29. The van der Waals surface area contributed by atoms with Crippen molar-refractivity contribution in [2.45, 2.75) is 70.3 Å². The summed E-state index contributed by atoms with van der Waals surface area (Å²) in [5.74, 6) is 0.807. The highest BCUT2D eigenvalue weighted by molar-refractivity contribution is 4.73. The Hall–Kier alpha value is -0.0800. The van der Waals surface area contributed by atoms with Crippen LogP contribution in [-0.2, 0) is 9.47 Å². The molecule has 0 radical (unpaired) electrons. The molecule has 1 aliphatic heterocycles. The average Bonchev–Trinajstić information content (AvgIpc) is 2.18. The van der Waals surface area contributed by atoms with Crippen LogP contribution in [0.1, 0.15) is 64.2 Å². The van der Waals surface area contributed by atoms with Gasteiger partial charge >= 0.3 is 0 Å². The van der Waals surface area contributed by atoms with E-state index in [1.807, 2.05) is 0 Å². The lowest BCUT2D eigenvalue weighted by Crippen LogP contribution is -2.27. The fourth-order valence-corrected chi connectivity index (χ4v) is 3.06. The maximum atomic E-state index is 5.90. The molecule has 0 aromatic heterocycles. The summed E-state index contributed by atoms with van der Waals surface area (Å²) in [5, 5.41) is 0. The van der Waals surface area contributed by atoms with Gasteiger partial charge in [-0.05, 0) is 38.0 Å². The third-order valence-corrected chi connectivity index (χ3v) is 4.07. The topological polar surface area (TPSA) is 18.5 Å². The first-order chi connectivity index (χ1) is 7.97. The Bertz CT molecular complexity index is 146. The van der Waals surface area contributed by atoms with Crippen LogP contribution in [0, 0.1) is 5.92 Å². The fraction of sp³-hybridized carbons (Fsp3) is 1.00. The van der Waals surface area contributed by atoms with Crippen molar-refractivity contribution in [3.8, 4) is 0 Å². The van der Waals surface area contributed by atoms with E-state index < -0.39 is 0 Å². The molecule has 1 saturated carbocycles. The quantitative estimate of drug-likeness (QED) is 0.675. The van der Waals surface area contributed by atoms with Gasteiger partial charge in [-0.25, -0.2) is 0 Å². The molecule has 2 fully saturated rings. The van der Waals surface area contributed by atoms with Crippen LogP contribution < -0.4 is 0 Å². The summed E-state index contributed by atoms with van der Waals surface area (Å²) in [6.07, 6.45) is 14.1. The molecule has 2 heteroatoms. The Morgan fingerprint density at radius 1 is 0.688 bits per heavy atom. The van der Waals surface area contributed by atoms with Gasteiger partial charge in [-0.15, -0.1) is 0 Å². The van der Waals surface area contributed by atoms with Crippen LogP contribution in [0.5, 0.6) is 0 Å². The van der Waals surface area contributed by atoms with Crippen LogP contribution in [0.3, 0.4) is 0 Å². The summed E-state index contributed by atoms with van der Waals surface area (Å²) < 4.78 is 11.3. The third-order valence-electron chi connectivity index (χ3n) is 4.07. The highest BCUT2D eigenvalue weighted by atomic mass is 16.7. The zero-order valence-electron chi connectivity index (χ0n) is 10.5. The zero-order valence-corrected chi connectivity index (χ0v) is 10.5. The summed E-state index contributed by atoms with van der Waals surface area (Å²) >= 11 is 0. The van der Waals surface area contributed by atoms with Crippen LogP contribution >= 0.6 is 0 Å². The molecule has 94 valence electrons. The van der Waals surface area contributed by atoms with Crippen LogP contribution in [0.25, 0.3) is 0 Å². The van der Waals surface area contributed by atoms with E-state index in [1.54, 1.807) is 0 Å². The Labute approximate surface area is 99.7 Å². The predicted octanol–water partition coefficient (Wildman–Crippen LogP) is 3.89. The normalized spacial score (nSPS) is 31.1. The van der Waals surface area contributed by atoms with Gasteiger partial charge in [0, 0.05) is 6.61 Å². The van der Waals surface area contributed by atoms with Gasteiger partial charge in [-0.2, -0.15) is 0 Å². The molecule has 1 unspecified atom stereocenters. The van der Waals surface area contributed by atoms with Crippen LogP contribution in [0.15, 0.2) is 0 Å². The highest BCUT2D eigenvalue weighted by Gasteiger charge is 2.23. The zero-order chi connectivity index (χ0) is 11.1. The molecule has 2 rings (SSSR count). The second kappa shape index (κ2) is 7.29. The molecule has 1 saturated heterocycles. The number of ether oxygens (including phenoxy) is 2. The Morgan fingerprint density at radius 2 is 1.38 bits per heavy atom. The molecule has 0 bridgehead atoms. The predicted molar refractivity (Wildman–Crippen MR) is 65.4 cm³/mol. The van der Waals surface area contributed by atoms with E-state index in [4.69, 9.17) is 9.47 Å². The van der Waals surface area contributed by atoms with Gasteiger partial charge in [0.2, 0.25) is 0 Å². The smallest absolute Gasteiger partial charge is 0.147 e. The molecule has 0 N–H and O–H groups in total. The minimum Gasteiger partial charge on any atom is -0.355 e. The Kier molecular flexibility index (Phi) is 5.64. The maximum Gasteiger partial charge on any atom is 0.147 e. The molecule has 0 aromatic rings. The SMILES string of the molecule is C1CCCC(C2CCCCOCO2)CCC1. The summed E-state index contributed by atoms with van der Waals surface area (Å²) in [6, 6.07) is 0. The van der Waals surface area contributed by atoms with E-state index in [1.165, 1.54) is 64.2 Å². The van der Waals surface area contributed by atoms with Crippen LogP contribution in [0.4, 0.5) is 0 Å².